The van der Waals surface area contributed by atoms with Gasteiger partial charge in [-0.3, -0.25) is 9.98 Å². The second-order valence-corrected chi connectivity index (χ2v) is 4.98. The summed E-state index contributed by atoms with van der Waals surface area (Å²) in [5, 5.41) is 3.42. The molecule has 3 nitrogen and oxygen atoms in total. The second-order valence-electron chi connectivity index (χ2n) is 4.98. The Labute approximate surface area is 90.6 Å². The Morgan fingerprint density at radius 3 is 2.33 bits per heavy atom. The van der Waals surface area contributed by atoms with Crippen LogP contribution in [0.3, 0.4) is 0 Å². The van der Waals surface area contributed by atoms with Gasteiger partial charge in [0, 0.05) is 6.20 Å². The minimum absolute atomic E-state index is 0.0279. The molecular weight excluding hydrogens is 186 g/mol. The first kappa shape index (κ1) is 10.1. The van der Waals surface area contributed by atoms with E-state index in [1.54, 1.807) is 6.20 Å². The molecule has 2 heterocycles. The van der Waals surface area contributed by atoms with Crippen molar-refractivity contribution in [2.45, 2.75) is 38.8 Å². The van der Waals surface area contributed by atoms with Crippen molar-refractivity contribution in [1.82, 2.24) is 10.3 Å². The van der Waals surface area contributed by atoms with E-state index < -0.39 is 0 Å². The quantitative estimate of drug-likeness (QED) is 0.758. The van der Waals surface area contributed by atoms with E-state index in [1.165, 1.54) is 0 Å². The summed E-state index contributed by atoms with van der Waals surface area (Å²) in [7, 11) is 0. The van der Waals surface area contributed by atoms with Crippen LogP contribution < -0.4 is 5.32 Å². The third kappa shape index (κ3) is 1.62. The van der Waals surface area contributed by atoms with Gasteiger partial charge in [-0.15, -0.1) is 0 Å². The molecular formula is C12H17N3. The summed E-state index contributed by atoms with van der Waals surface area (Å²) in [5.41, 5.74) is 0.788. The monoisotopic (exact) mass is 203 g/mol. The van der Waals surface area contributed by atoms with Crippen LogP contribution in [0.25, 0.3) is 0 Å². The van der Waals surface area contributed by atoms with Gasteiger partial charge in [0.2, 0.25) is 0 Å². The lowest BCUT2D eigenvalue weighted by Gasteiger charge is -2.32. The van der Waals surface area contributed by atoms with E-state index in [2.05, 4.69) is 43.0 Å². The molecule has 1 N–H and O–H groups in total. The fourth-order valence-electron chi connectivity index (χ4n) is 1.52. The van der Waals surface area contributed by atoms with Crippen LogP contribution in [-0.4, -0.2) is 21.9 Å². The third-order valence-corrected chi connectivity index (χ3v) is 3.26. The molecule has 1 aromatic rings. The summed E-state index contributed by atoms with van der Waals surface area (Å²) in [6.45, 7) is 8.59. The van der Waals surface area contributed by atoms with Gasteiger partial charge in [0.05, 0.1) is 11.1 Å². The average molecular weight is 203 g/mol. The van der Waals surface area contributed by atoms with Gasteiger partial charge in [0.15, 0.2) is 0 Å². The number of rotatable bonds is 1. The zero-order chi connectivity index (χ0) is 11.1. The molecule has 0 amide bonds. The number of aliphatic imine (C=N–C) groups is 1. The van der Waals surface area contributed by atoms with Gasteiger partial charge in [0.25, 0.3) is 0 Å². The van der Waals surface area contributed by atoms with Crippen LogP contribution in [0.4, 0.5) is 0 Å². The maximum absolute atomic E-state index is 4.69. The number of nitrogens with zero attached hydrogens (tertiary/aromatic N) is 2. The average Bonchev–Trinajstić information content (AvgIpc) is 2.38. The van der Waals surface area contributed by atoms with Crippen LogP contribution in [-0.2, 0) is 0 Å². The molecule has 2 rings (SSSR count). The molecule has 0 atom stereocenters. The van der Waals surface area contributed by atoms with E-state index in [9.17, 15) is 0 Å². The predicted molar refractivity (Wildman–Crippen MR) is 62.1 cm³/mol. The molecule has 0 radical (unpaired) electrons. The predicted octanol–water partition coefficient (Wildman–Crippen LogP) is 1.99. The molecule has 80 valence electrons. The van der Waals surface area contributed by atoms with Crippen molar-refractivity contribution in [3.05, 3.63) is 30.1 Å². The van der Waals surface area contributed by atoms with Crippen molar-refractivity contribution < 1.29 is 0 Å². The van der Waals surface area contributed by atoms with Gasteiger partial charge in [-0.25, -0.2) is 0 Å². The minimum atomic E-state index is -0.0974. The molecule has 0 aliphatic carbocycles. The molecule has 0 saturated heterocycles. The van der Waals surface area contributed by atoms with E-state index in [0.29, 0.717) is 0 Å². The van der Waals surface area contributed by atoms with Gasteiger partial charge >= 0.3 is 0 Å². The third-order valence-electron chi connectivity index (χ3n) is 3.26. The highest BCUT2D eigenvalue weighted by Gasteiger charge is 2.43. The van der Waals surface area contributed by atoms with Gasteiger partial charge in [-0.1, -0.05) is 6.07 Å². The largest absolute Gasteiger partial charge is 0.361 e. The topological polar surface area (TPSA) is 37.3 Å². The van der Waals surface area contributed by atoms with Crippen LogP contribution in [0.15, 0.2) is 29.4 Å². The molecule has 0 fully saturated rings. The molecule has 0 bridgehead atoms. The first-order chi connectivity index (χ1) is 6.92. The highest BCUT2D eigenvalue weighted by Crippen LogP contribution is 2.30. The Morgan fingerprint density at radius 2 is 1.87 bits per heavy atom. The van der Waals surface area contributed by atoms with Crippen molar-refractivity contribution in [3.63, 3.8) is 0 Å². The van der Waals surface area contributed by atoms with Crippen LogP contribution in [0.2, 0.25) is 0 Å². The van der Waals surface area contributed by atoms with Crippen molar-refractivity contribution in [2.75, 3.05) is 0 Å². The molecule has 0 spiro atoms. The Bertz CT molecular complexity index is 391. The minimum Gasteiger partial charge on any atom is -0.361 e. The number of amidine groups is 1. The van der Waals surface area contributed by atoms with Crippen molar-refractivity contribution in [3.8, 4) is 0 Å². The fourth-order valence-corrected chi connectivity index (χ4v) is 1.52. The molecule has 15 heavy (non-hydrogen) atoms. The number of hydrogen-bond acceptors (Lipinski definition) is 3. The van der Waals surface area contributed by atoms with Crippen molar-refractivity contribution in [1.29, 1.82) is 0 Å². The van der Waals surface area contributed by atoms with Gasteiger partial charge < -0.3 is 5.32 Å². The first-order valence-corrected chi connectivity index (χ1v) is 5.22. The molecule has 0 aromatic carbocycles. The highest BCUT2D eigenvalue weighted by molar-refractivity contribution is 5.99. The molecule has 1 aliphatic heterocycles. The van der Waals surface area contributed by atoms with Crippen LogP contribution in [0.5, 0.6) is 0 Å². The smallest absolute Gasteiger partial charge is 0.148 e. The molecule has 0 saturated carbocycles. The van der Waals surface area contributed by atoms with Crippen molar-refractivity contribution >= 4 is 5.84 Å². The van der Waals surface area contributed by atoms with Crippen molar-refractivity contribution in [2.24, 2.45) is 4.99 Å². The number of aromatic nitrogens is 1. The summed E-state index contributed by atoms with van der Waals surface area (Å²) >= 11 is 0. The maximum atomic E-state index is 4.69. The SMILES string of the molecule is CC1(C)N=C(c2ccccn2)NC1(C)C. The first-order valence-electron chi connectivity index (χ1n) is 5.22. The lowest BCUT2D eigenvalue weighted by atomic mass is 9.85. The number of nitrogens with one attached hydrogen (secondary N) is 1. The van der Waals surface area contributed by atoms with Gasteiger partial charge in [-0.2, -0.15) is 0 Å². The second kappa shape index (κ2) is 3.05. The van der Waals surface area contributed by atoms with Crippen LogP contribution >= 0.6 is 0 Å². The summed E-state index contributed by atoms with van der Waals surface area (Å²) in [6.07, 6.45) is 1.79. The Morgan fingerprint density at radius 1 is 1.13 bits per heavy atom. The summed E-state index contributed by atoms with van der Waals surface area (Å²) in [6, 6.07) is 5.86. The zero-order valence-electron chi connectivity index (χ0n) is 9.70. The highest BCUT2D eigenvalue weighted by atomic mass is 15.2. The number of hydrogen-bond donors (Lipinski definition) is 1. The fraction of sp³-hybridized carbons (Fsp3) is 0.500. The van der Waals surface area contributed by atoms with E-state index in [0.717, 1.165) is 11.5 Å². The number of pyridine rings is 1. The molecule has 0 unspecified atom stereocenters. The van der Waals surface area contributed by atoms with Crippen LogP contribution in [0, 0.1) is 0 Å². The Balaban J connectivity index is 2.37. The summed E-state index contributed by atoms with van der Waals surface area (Å²) in [5.74, 6) is 0.894. The Kier molecular flexibility index (Phi) is 2.07. The van der Waals surface area contributed by atoms with Crippen LogP contribution in [0.1, 0.15) is 33.4 Å². The van der Waals surface area contributed by atoms with Gasteiger partial charge in [-0.05, 0) is 39.8 Å². The summed E-state index contributed by atoms with van der Waals surface area (Å²) < 4.78 is 0. The molecule has 3 heteroatoms. The van der Waals surface area contributed by atoms with Gasteiger partial charge in [0.1, 0.15) is 11.5 Å². The zero-order valence-corrected chi connectivity index (χ0v) is 9.70. The van der Waals surface area contributed by atoms with E-state index in [1.807, 2.05) is 18.2 Å². The maximum Gasteiger partial charge on any atom is 0.148 e. The Hall–Kier alpha value is -1.38. The lowest BCUT2D eigenvalue weighted by Crippen LogP contribution is -2.50. The van der Waals surface area contributed by atoms with E-state index in [-0.39, 0.29) is 11.1 Å². The molecule has 1 aromatic heterocycles. The standard InChI is InChI=1S/C12H17N3/c1-11(2)12(3,4)15-10(14-11)9-7-5-6-8-13-9/h5-8H,1-4H3,(H,14,15). The summed E-state index contributed by atoms with van der Waals surface area (Å²) in [4.78, 5) is 8.99. The van der Waals surface area contributed by atoms with E-state index in [4.69, 9.17) is 0 Å². The normalized spacial score (nSPS) is 22.0. The van der Waals surface area contributed by atoms with E-state index >= 15 is 0 Å². The lowest BCUT2D eigenvalue weighted by molar-refractivity contribution is 0.310. The molecule has 1 aliphatic rings.